The number of benzene rings is 4. The third-order valence-electron chi connectivity index (χ3n) is 6.87. The fourth-order valence-corrected chi connectivity index (χ4v) is 4.74. The van der Waals surface area contributed by atoms with Crippen LogP contribution in [0, 0.1) is 20.8 Å². The molecule has 2 heterocycles. The molecule has 41 heavy (non-hydrogen) atoms. The van der Waals surface area contributed by atoms with Crippen molar-refractivity contribution in [3.8, 4) is 17.2 Å². The third-order valence-corrected chi connectivity index (χ3v) is 6.87. The molecule has 1 aliphatic rings. The van der Waals surface area contributed by atoms with Crippen LogP contribution in [0.25, 0.3) is 11.0 Å². The van der Waals surface area contributed by atoms with E-state index in [0.29, 0.717) is 11.4 Å². The lowest BCUT2D eigenvalue weighted by Gasteiger charge is -2.17. The number of carbonyl (C=O) groups is 3. The lowest BCUT2D eigenvalue weighted by Crippen LogP contribution is -2.30. The maximum atomic E-state index is 13.2. The number of esters is 1. The molecular weight excluding hydrogens is 522 g/mol. The predicted molar refractivity (Wildman–Crippen MR) is 152 cm³/mol. The maximum Gasteiger partial charge on any atom is 0.343 e. The molecule has 0 fully saturated rings. The van der Waals surface area contributed by atoms with E-state index in [1.54, 1.807) is 18.2 Å². The lowest BCUT2D eigenvalue weighted by atomic mass is 10.1. The molecule has 0 bridgehead atoms. The Kier molecular flexibility index (Phi) is 6.23. The van der Waals surface area contributed by atoms with Crippen molar-refractivity contribution in [1.82, 2.24) is 0 Å². The van der Waals surface area contributed by atoms with Crippen LogP contribution in [-0.2, 0) is 0 Å². The van der Waals surface area contributed by atoms with Gasteiger partial charge < -0.3 is 13.9 Å². The van der Waals surface area contributed by atoms with Gasteiger partial charge in [-0.1, -0.05) is 24.3 Å². The highest BCUT2D eigenvalue weighted by Gasteiger charge is 2.38. The number of fused-ring (bicyclic) bond motifs is 2. The van der Waals surface area contributed by atoms with Crippen LogP contribution in [0.3, 0.4) is 0 Å². The van der Waals surface area contributed by atoms with Crippen LogP contribution in [0.5, 0.6) is 17.2 Å². The van der Waals surface area contributed by atoms with E-state index < -0.39 is 17.8 Å². The fraction of sp³-hybridized carbons (Fsp3) is 0.0909. The average molecular weight is 546 g/mol. The summed E-state index contributed by atoms with van der Waals surface area (Å²) in [6.45, 7) is 5.62. The average Bonchev–Trinajstić information content (AvgIpc) is 3.20. The van der Waals surface area contributed by atoms with Crippen LogP contribution >= 0.6 is 0 Å². The van der Waals surface area contributed by atoms with Crippen LogP contribution in [0.15, 0.2) is 94.3 Å². The number of aryl methyl sites for hydroxylation is 3. The zero-order valence-electron chi connectivity index (χ0n) is 22.4. The predicted octanol–water partition coefficient (Wildman–Crippen LogP) is 6.53. The van der Waals surface area contributed by atoms with Crippen molar-refractivity contribution in [2.75, 3.05) is 4.90 Å². The van der Waals surface area contributed by atoms with E-state index in [2.05, 4.69) is 0 Å². The van der Waals surface area contributed by atoms with Gasteiger partial charge >= 0.3 is 5.97 Å². The Bertz CT molecular complexity index is 1970. The van der Waals surface area contributed by atoms with Gasteiger partial charge in [0, 0.05) is 6.07 Å². The Labute approximate surface area is 234 Å². The molecule has 8 heteroatoms. The smallest absolute Gasteiger partial charge is 0.343 e. The van der Waals surface area contributed by atoms with Crippen molar-refractivity contribution in [2.24, 2.45) is 0 Å². The lowest BCUT2D eigenvalue weighted by molar-refractivity contribution is 0.0734. The number of imide groups is 1. The number of ether oxygens (including phenoxy) is 2. The zero-order chi connectivity index (χ0) is 28.8. The molecule has 1 aromatic heterocycles. The molecule has 0 unspecified atom stereocenters. The molecule has 0 aliphatic carbocycles. The number of nitrogens with zero attached hydrogens (tertiary/aromatic N) is 1. The summed E-state index contributed by atoms with van der Waals surface area (Å²) in [7, 11) is 0. The van der Waals surface area contributed by atoms with Crippen molar-refractivity contribution < 1.29 is 28.3 Å². The number of carbonyl (C=O) groups excluding carboxylic acids is 3. The van der Waals surface area contributed by atoms with Crippen LogP contribution in [-0.4, -0.2) is 17.8 Å². The molecule has 5 aromatic rings. The van der Waals surface area contributed by atoms with Gasteiger partial charge in [-0.3, -0.25) is 14.4 Å². The first kappa shape index (κ1) is 25.8. The highest BCUT2D eigenvalue weighted by molar-refractivity contribution is 6.35. The van der Waals surface area contributed by atoms with Gasteiger partial charge in [-0.2, -0.15) is 0 Å². The summed E-state index contributed by atoms with van der Waals surface area (Å²) in [6, 6.07) is 21.4. The van der Waals surface area contributed by atoms with E-state index in [1.165, 1.54) is 42.7 Å². The maximum absolute atomic E-state index is 13.2. The fourth-order valence-electron chi connectivity index (χ4n) is 4.74. The number of hydrogen-bond acceptors (Lipinski definition) is 7. The first-order valence-corrected chi connectivity index (χ1v) is 12.8. The SMILES string of the molecule is Cc1cccc(Oc2coc3cc(OC(=O)c4ccc5c(c4)C(=O)N(c4cc(C)ccc4C)C5=O)ccc3c2=O)c1. The molecule has 0 N–H and O–H groups in total. The monoisotopic (exact) mass is 545 g/mol. The summed E-state index contributed by atoms with van der Waals surface area (Å²) in [5.74, 6) is -1.02. The minimum absolute atomic E-state index is 0.0279. The molecule has 0 saturated carbocycles. The minimum Gasteiger partial charge on any atom is -0.460 e. The van der Waals surface area contributed by atoms with Crippen LogP contribution in [0.2, 0.25) is 0 Å². The van der Waals surface area contributed by atoms with E-state index in [1.807, 2.05) is 45.0 Å². The van der Waals surface area contributed by atoms with E-state index in [4.69, 9.17) is 13.9 Å². The van der Waals surface area contributed by atoms with Crippen LogP contribution < -0.4 is 19.8 Å². The molecule has 0 atom stereocenters. The van der Waals surface area contributed by atoms with E-state index in [9.17, 15) is 19.2 Å². The Balaban J connectivity index is 1.24. The normalized spacial score (nSPS) is 12.5. The second-order valence-corrected chi connectivity index (χ2v) is 9.89. The molecule has 202 valence electrons. The Morgan fingerprint density at radius 1 is 0.756 bits per heavy atom. The van der Waals surface area contributed by atoms with Gasteiger partial charge in [0.15, 0.2) is 0 Å². The Morgan fingerprint density at radius 3 is 2.34 bits per heavy atom. The van der Waals surface area contributed by atoms with Crippen LogP contribution in [0.1, 0.15) is 47.8 Å². The highest BCUT2D eigenvalue weighted by Crippen LogP contribution is 2.32. The zero-order valence-corrected chi connectivity index (χ0v) is 22.4. The highest BCUT2D eigenvalue weighted by atomic mass is 16.5. The van der Waals surface area contributed by atoms with Gasteiger partial charge in [0.05, 0.1) is 27.8 Å². The molecule has 0 spiro atoms. The third kappa shape index (κ3) is 4.65. The second-order valence-electron chi connectivity index (χ2n) is 9.89. The first-order chi connectivity index (χ1) is 19.7. The second kappa shape index (κ2) is 9.91. The van der Waals surface area contributed by atoms with E-state index in [-0.39, 0.29) is 44.6 Å². The summed E-state index contributed by atoms with van der Waals surface area (Å²) in [5.41, 5.74) is 3.43. The molecule has 0 radical (unpaired) electrons. The summed E-state index contributed by atoms with van der Waals surface area (Å²) in [5, 5.41) is 0.253. The van der Waals surface area contributed by atoms with Crippen molar-refractivity contribution in [2.45, 2.75) is 20.8 Å². The van der Waals surface area contributed by atoms with Gasteiger partial charge in [-0.25, -0.2) is 9.69 Å². The molecule has 8 nitrogen and oxygen atoms in total. The van der Waals surface area contributed by atoms with Crippen LogP contribution in [0.4, 0.5) is 5.69 Å². The standard InChI is InChI=1S/C33H23NO7/c1-18-5-4-6-22(13-18)40-29-17-39-28-16-23(10-12-25(28)30(29)35)41-33(38)21-9-11-24-26(15-21)32(37)34(31(24)36)27-14-19(2)7-8-20(27)3/h4-17H,1-3H3. The van der Waals surface area contributed by atoms with Gasteiger partial charge in [0.25, 0.3) is 11.8 Å². The van der Waals surface area contributed by atoms with Crippen molar-refractivity contribution in [3.05, 3.63) is 129 Å². The van der Waals surface area contributed by atoms with E-state index >= 15 is 0 Å². The summed E-state index contributed by atoms with van der Waals surface area (Å²) >= 11 is 0. The van der Waals surface area contributed by atoms with Crippen molar-refractivity contribution in [1.29, 1.82) is 0 Å². The van der Waals surface area contributed by atoms with Crippen molar-refractivity contribution >= 4 is 34.4 Å². The molecular formula is C33H23NO7. The van der Waals surface area contributed by atoms with Crippen molar-refractivity contribution in [3.63, 3.8) is 0 Å². The molecule has 6 rings (SSSR count). The first-order valence-electron chi connectivity index (χ1n) is 12.8. The van der Waals surface area contributed by atoms with Gasteiger partial charge in [0.2, 0.25) is 11.2 Å². The number of amides is 2. The largest absolute Gasteiger partial charge is 0.460 e. The molecule has 2 amide bonds. The summed E-state index contributed by atoms with van der Waals surface area (Å²) in [6.07, 6.45) is 1.21. The van der Waals surface area contributed by atoms with Gasteiger partial charge in [-0.05, 0) is 86.0 Å². The minimum atomic E-state index is -0.737. The molecule has 1 aliphatic heterocycles. The Hall–Kier alpha value is -5.50. The summed E-state index contributed by atoms with van der Waals surface area (Å²) < 4.78 is 16.8. The van der Waals surface area contributed by atoms with Gasteiger partial charge in [0.1, 0.15) is 23.3 Å². The number of rotatable bonds is 5. The number of hydrogen-bond donors (Lipinski definition) is 0. The van der Waals surface area contributed by atoms with Gasteiger partial charge in [-0.15, -0.1) is 0 Å². The molecule has 0 saturated heterocycles. The summed E-state index contributed by atoms with van der Waals surface area (Å²) in [4.78, 5) is 53.4. The van der Waals surface area contributed by atoms with E-state index in [0.717, 1.165) is 21.6 Å². The molecule has 4 aromatic carbocycles. The quantitative estimate of drug-likeness (QED) is 0.141. The topological polar surface area (TPSA) is 103 Å². The number of anilines is 1. The Morgan fingerprint density at radius 2 is 1.54 bits per heavy atom.